The van der Waals surface area contributed by atoms with Gasteiger partial charge < -0.3 is 10.3 Å². The van der Waals surface area contributed by atoms with Crippen LogP contribution in [0.15, 0.2) is 17.8 Å². The Bertz CT molecular complexity index is 474. The lowest BCUT2D eigenvalue weighted by Crippen LogP contribution is -2.27. The molecule has 0 spiro atoms. The fourth-order valence-corrected chi connectivity index (χ4v) is 2.71. The van der Waals surface area contributed by atoms with E-state index in [0.717, 1.165) is 35.9 Å². The highest BCUT2D eigenvalue weighted by molar-refractivity contribution is 7.09. The van der Waals surface area contributed by atoms with E-state index in [4.69, 9.17) is 5.73 Å². The standard InChI is InChI=1S/C12H18N4S/c1-3-16-5-4-14-11(16)6-10(13)7-12-15-9(2)8-17-12/h4-5,8,10H,3,6-7,13H2,1-2H3. The van der Waals surface area contributed by atoms with Crippen molar-refractivity contribution in [3.05, 3.63) is 34.3 Å². The van der Waals surface area contributed by atoms with Gasteiger partial charge in [0, 0.05) is 48.9 Å². The van der Waals surface area contributed by atoms with Crippen LogP contribution in [-0.2, 0) is 19.4 Å². The molecule has 1 atom stereocenters. The number of hydrogen-bond acceptors (Lipinski definition) is 4. The van der Waals surface area contributed by atoms with Crippen molar-refractivity contribution in [3.63, 3.8) is 0 Å². The van der Waals surface area contributed by atoms with Gasteiger partial charge in [0.1, 0.15) is 5.82 Å². The van der Waals surface area contributed by atoms with Crippen LogP contribution in [0.5, 0.6) is 0 Å². The number of thiazole rings is 1. The number of aryl methyl sites for hydroxylation is 2. The maximum atomic E-state index is 6.14. The minimum Gasteiger partial charge on any atom is -0.335 e. The van der Waals surface area contributed by atoms with Gasteiger partial charge >= 0.3 is 0 Å². The van der Waals surface area contributed by atoms with Crippen LogP contribution in [0.1, 0.15) is 23.4 Å². The first kappa shape index (κ1) is 12.3. The van der Waals surface area contributed by atoms with Crippen molar-refractivity contribution in [2.45, 2.75) is 39.3 Å². The number of rotatable bonds is 5. The van der Waals surface area contributed by atoms with Crippen LogP contribution in [0.4, 0.5) is 0 Å². The summed E-state index contributed by atoms with van der Waals surface area (Å²) >= 11 is 1.68. The molecule has 5 heteroatoms. The van der Waals surface area contributed by atoms with Crippen molar-refractivity contribution >= 4 is 11.3 Å². The third kappa shape index (κ3) is 3.14. The molecule has 0 radical (unpaired) electrons. The van der Waals surface area contributed by atoms with Crippen LogP contribution in [0.25, 0.3) is 0 Å². The van der Waals surface area contributed by atoms with Gasteiger partial charge in [0.05, 0.1) is 5.01 Å². The summed E-state index contributed by atoms with van der Waals surface area (Å²) in [6, 6.07) is 0.0910. The number of aromatic nitrogens is 3. The van der Waals surface area contributed by atoms with Crippen LogP contribution in [0.2, 0.25) is 0 Å². The fraction of sp³-hybridized carbons (Fsp3) is 0.500. The maximum absolute atomic E-state index is 6.14. The van der Waals surface area contributed by atoms with E-state index in [2.05, 4.69) is 26.8 Å². The highest BCUT2D eigenvalue weighted by atomic mass is 32.1. The van der Waals surface area contributed by atoms with E-state index in [-0.39, 0.29) is 6.04 Å². The first-order chi connectivity index (χ1) is 8.19. The van der Waals surface area contributed by atoms with E-state index < -0.39 is 0 Å². The van der Waals surface area contributed by atoms with Crippen molar-refractivity contribution in [3.8, 4) is 0 Å². The molecule has 92 valence electrons. The highest BCUT2D eigenvalue weighted by Crippen LogP contribution is 2.12. The number of nitrogens with two attached hydrogens (primary N) is 1. The minimum absolute atomic E-state index is 0.0910. The van der Waals surface area contributed by atoms with Crippen LogP contribution in [0, 0.1) is 6.92 Å². The molecular weight excluding hydrogens is 232 g/mol. The quantitative estimate of drug-likeness (QED) is 0.880. The molecule has 4 nitrogen and oxygen atoms in total. The molecular formula is C12H18N4S. The molecule has 0 aromatic carbocycles. The van der Waals surface area contributed by atoms with E-state index >= 15 is 0 Å². The SMILES string of the molecule is CCn1ccnc1CC(N)Cc1nc(C)cs1. The minimum atomic E-state index is 0.0910. The summed E-state index contributed by atoms with van der Waals surface area (Å²) in [4.78, 5) is 8.77. The monoisotopic (exact) mass is 250 g/mol. The van der Waals surface area contributed by atoms with Gasteiger partial charge in [0.2, 0.25) is 0 Å². The van der Waals surface area contributed by atoms with Gasteiger partial charge in [-0.25, -0.2) is 9.97 Å². The summed E-state index contributed by atoms with van der Waals surface area (Å²) in [5.41, 5.74) is 7.22. The van der Waals surface area contributed by atoms with Gasteiger partial charge in [-0.2, -0.15) is 0 Å². The Hall–Kier alpha value is -1.20. The summed E-state index contributed by atoms with van der Waals surface area (Å²) in [7, 11) is 0. The molecule has 0 aliphatic heterocycles. The zero-order valence-electron chi connectivity index (χ0n) is 10.3. The van der Waals surface area contributed by atoms with Crippen LogP contribution in [0.3, 0.4) is 0 Å². The van der Waals surface area contributed by atoms with Crippen molar-refractivity contribution in [1.82, 2.24) is 14.5 Å². The van der Waals surface area contributed by atoms with Crippen LogP contribution >= 0.6 is 11.3 Å². The first-order valence-corrected chi connectivity index (χ1v) is 6.73. The van der Waals surface area contributed by atoms with E-state index in [1.165, 1.54) is 0 Å². The average Bonchev–Trinajstić information content (AvgIpc) is 2.87. The number of nitrogens with zero attached hydrogens (tertiary/aromatic N) is 3. The molecule has 0 saturated carbocycles. The van der Waals surface area contributed by atoms with Gasteiger partial charge in [-0.05, 0) is 13.8 Å². The van der Waals surface area contributed by atoms with Crippen LogP contribution in [-0.4, -0.2) is 20.6 Å². The van der Waals surface area contributed by atoms with E-state index in [1.54, 1.807) is 11.3 Å². The van der Waals surface area contributed by atoms with Crippen LogP contribution < -0.4 is 5.73 Å². The Kier molecular flexibility index (Phi) is 3.91. The van der Waals surface area contributed by atoms with Crippen molar-refractivity contribution in [1.29, 1.82) is 0 Å². The lowest BCUT2D eigenvalue weighted by atomic mass is 10.1. The Balaban J connectivity index is 1.95. The van der Waals surface area contributed by atoms with E-state index in [9.17, 15) is 0 Å². The molecule has 2 heterocycles. The Morgan fingerprint density at radius 3 is 2.94 bits per heavy atom. The predicted octanol–water partition coefficient (Wildman–Crippen LogP) is 1.78. The molecule has 0 amide bonds. The van der Waals surface area contributed by atoms with Gasteiger partial charge in [0.25, 0.3) is 0 Å². The Morgan fingerprint density at radius 2 is 2.29 bits per heavy atom. The molecule has 1 unspecified atom stereocenters. The van der Waals surface area contributed by atoms with E-state index in [1.807, 2.05) is 19.3 Å². The molecule has 0 bridgehead atoms. The van der Waals surface area contributed by atoms with Crippen molar-refractivity contribution in [2.24, 2.45) is 5.73 Å². The highest BCUT2D eigenvalue weighted by Gasteiger charge is 2.11. The van der Waals surface area contributed by atoms with Gasteiger partial charge in [-0.3, -0.25) is 0 Å². The topological polar surface area (TPSA) is 56.7 Å². The molecule has 0 saturated heterocycles. The average molecular weight is 250 g/mol. The lowest BCUT2D eigenvalue weighted by Gasteiger charge is -2.10. The molecule has 2 N–H and O–H groups in total. The predicted molar refractivity (Wildman–Crippen MR) is 70.1 cm³/mol. The first-order valence-electron chi connectivity index (χ1n) is 5.85. The Morgan fingerprint density at radius 1 is 1.47 bits per heavy atom. The maximum Gasteiger partial charge on any atom is 0.110 e. The smallest absolute Gasteiger partial charge is 0.110 e. The van der Waals surface area contributed by atoms with Gasteiger partial charge in [-0.15, -0.1) is 11.3 Å². The third-order valence-corrected chi connectivity index (χ3v) is 3.68. The summed E-state index contributed by atoms with van der Waals surface area (Å²) in [5.74, 6) is 1.06. The second-order valence-electron chi connectivity index (χ2n) is 4.18. The molecule has 0 aliphatic carbocycles. The van der Waals surface area contributed by atoms with E-state index in [0.29, 0.717) is 0 Å². The Labute approximate surface area is 106 Å². The van der Waals surface area contributed by atoms with Gasteiger partial charge in [-0.1, -0.05) is 0 Å². The fourth-order valence-electron chi connectivity index (χ4n) is 1.85. The van der Waals surface area contributed by atoms with Crippen molar-refractivity contribution < 1.29 is 0 Å². The van der Waals surface area contributed by atoms with Gasteiger partial charge in [0.15, 0.2) is 0 Å². The molecule has 2 aromatic heterocycles. The lowest BCUT2D eigenvalue weighted by molar-refractivity contribution is 0.601. The molecule has 2 aromatic rings. The normalized spacial score (nSPS) is 12.9. The zero-order chi connectivity index (χ0) is 12.3. The molecule has 2 rings (SSSR count). The zero-order valence-corrected chi connectivity index (χ0v) is 11.1. The second kappa shape index (κ2) is 5.42. The summed E-state index contributed by atoms with van der Waals surface area (Å²) in [5, 5.41) is 3.18. The third-order valence-electron chi connectivity index (χ3n) is 2.69. The molecule has 0 aliphatic rings. The van der Waals surface area contributed by atoms with Crippen molar-refractivity contribution in [2.75, 3.05) is 0 Å². The summed E-state index contributed by atoms with van der Waals surface area (Å²) < 4.78 is 2.13. The largest absolute Gasteiger partial charge is 0.335 e. The number of imidazole rings is 1. The number of hydrogen-bond donors (Lipinski definition) is 1. The molecule has 17 heavy (non-hydrogen) atoms. The summed E-state index contributed by atoms with van der Waals surface area (Å²) in [6.07, 6.45) is 5.46. The summed E-state index contributed by atoms with van der Waals surface area (Å²) in [6.45, 7) is 5.06. The molecule has 0 fully saturated rings. The second-order valence-corrected chi connectivity index (χ2v) is 5.12.